The van der Waals surface area contributed by atoms with Crippen LogP contribution in [-0.4, -0.2) is 25.3 Å². The number of fused-ring (bicyclic) bond motifs is 1. The first-order chi connectivity index (χ1) is 9.83. The van der Waals surface area contributed by atoms with Gasteiger partial charge in [0.05, 0.1) is 20.3 Å². The molecule has 20 heavy (non-hydrogen) atoms. The third kappa shape index (κ3) is 2.27. The molecule has 1 aliphatic heterocycles. The van der Waals surface area contributed by atoms with E-state index in [1.165, 1.54) is 5.69 Å². The number of nitrogens with zero attached hydrogens (tertiary/aromatic N) is 1. The van der Waals surface area contributed by atoms with Crippen LogP contribution in [0, 0.1) is 0 Å². The molecule has 1 N–H and O–H groups in total. The van der Waals surface area contributed by atoms with Crippen molar-refractivity contribution in [1.29, 1.82) is 0 Å². The molecule has 4 nitrogen and oxygen atoms in total. The van der Waals surface area contributed by atoms with Crippen molar-refractivity contribution in [2.75, 3.05) is 20.8 Å². The number of rotatable bonds is 3. The largest absolute Gasteiger partial charge is 0.497 e. The number of nitrogens with one attached hydrogen (secondary N) is 1. The highest BCUT2D eigenvalue weighted by Gasteiger charge is 2.22. The fourth-order valence-corrected chi connectivity index (χ4v) is 2.82. The maximum Gasteiger partial charge on any atom is 0.127 e. The maximum atomic E-state index is 5.54. The molecule has 3 rings (SSSR count). The summed E-state index contributed by atoms with van der Waals surface area (Å²) in [4.78, 5) is 0. The lowest BCUT2D eigenvalue weighted by atomic mass is 10.0. The lowest BCUT2D eigenvalue weighted by Crippen LogP contribution is -2.22. The third-order valence-corrected chi connectivity index (χ3v) is 3.84. The molecule has 0 bridgehead atoms. The van der Waals surface area contributed by atoms with Crippen LogP contribution in [0.25, 0.3) is 0 Å². The Morgan fingerprint density at radius 1 is 1.20 bits per heavy atom. The summed E-state index contributed by atoms with van der Waals surface area (Å²) in [5, 5.41) is 3.61. The zero-order valence-electron chi connectivity index (χ0n) is 11.9. The van der Waals surface area contributed by atoms with Gasteiger partial charge in [-0.05, 0) is 37.2 Å². The predicted molar refractivity (Wildman–Crippen MR) is 78.4 cm³/mol. The van der Waals surface area contributed by atoms with E-state index in [2.05, 4.69) is 34.3 Å². The summed E-state index contributed by atoms with van der Waals surface area (Å²) in [7, 11) is 3.37. The molecule has 0 aliphatic carbocycles. The highest BCUT2D eigenvalue weighted by molar-refractivity contribution is 5.45. The fourth-order valence-electron chi connectivity index (χ4n) is 2.82. The molecule has 4 heteroatoms. The molecule has 2 aromatic rings. The molecule has 1 aliphatic rings. The molecule has 0 radical (unpaired) electrons. The molecule has 0 saturated carbocycles. The average Bonchev–Trinajstić information content (AvgIpc) is 2.87. The van der Waals surface area contributed by atoms with Crippen molar-refractivity contribution in [3.8, 4) is 11.5 Å². The van der Waals surface area contributed by atoms with Crippen molar-refractivity contribution < 1.29 is 9.47 Å². The lowest BCUT2D eigenvalue weighted by molar-refractivity contribution is 0.387. The van der Waals surface area contributed by atoms with Crippen LogP contribution in [0.5, 0.6) is 11.5 Å². The molecule has 1 aromatic heterocycles. The van der Waals surface area contributed by atoms with E-state index in [-0.39, 0.29) is 6.04 Å². The van der Waals surface area contributed by atoms with Crippen molar-refractivity contribution in [2.45, 2.75) is 19.0 Å². The van der Waals surface area contributed by atoms with Crippen molar-refractivity contribution in [2.24, 2.45) is 0 Å². The van der Waals surface area contributed by atoms with E-state index in [9.17, 15) is 0 Å². The highest BCUT2D eigenvalue weighted by atomic mass is 16.5. The second kappa shape index (κ2) is 5.59. The SMILES string of the molecule is COc1ccc(C2NCCCn3cccc32)c(OC)c1. The second-order valence-corrected chi connectivity index (χ2v) is 4.98. The van der Waals surface area contributed by atoms with Crippen molar-refractivity contribution in [3.05, 3.63) is 47.8 Å². The van der Waals surface area contributed by atoms with Crippen LogP contribution >= 0.6 is 0 Å². The Bertz CT molecular complexity index is 592. The van der Waals surface area contributed by atoms with Crippen molar-refractivity contribution >= 4 is 0 Å². The van der Waals surface area contributed by atoms with Gasteiger partial charge in [-0.2, -0.15) is 0 Å². The van der Waals surface area contributed by atoms with E-state index in [4.69, 9.17) is 9.47 Å². The van der Waals surface area contributed by atoms with Gasteiger partial charge in [0.1, 0.15) is 11.5 Å². The first-order valence-corrected chi connectivity index (χ1v) is 6.94. The van der Waals surface area contributed by atoms with Gasteiger partial charge in [0, 0.05) is 30.1 Å². The van der Waals surface area contributed by atoms with Crippen LogP contribution in [-0.2, 0) is 6.54 Å². The standard InChI is InChI=1S/C16H20N2O2/c1-19-12-6-7-13(15(11-12)20-2)16-14-5-3-9-18(14)10-4-8-17-16/h3,5-7,9,11,16-17H,4,8,10H2,1-2H3. The molecule has 106 valence electrons. The van der Waals surface area contributed by atoms with Crippen molar-refractivity contribution in [3.63, 3.8) is 0 Å². The van der Waals surface area contributed by atoms with Gasteiger partial charge >= 0.3 is 0 Å². The molecule has 0 amide bonds. The maximum absolute atomic E-state index is 5.54. The summed E-state index contributed by atoms with van der Waals surface area (Å²) in [5.41, 5.74) is 2.43. The van der Waals surface area contributed by atoms with Gasteiger partial charge in [-0.15, -0.1) is 0 Å². The number of aromatic nitrogens is 1. The van der Waals surface area contributed by atoms with Gasteiger partial charge in [-0.3, -0.25) is 0 Å². The summed E-state index contributed by atoms with van der Waals surface area (Å²) in [6.45, 7) is 2.06. The number of benzene rings is 1. The monoisotopic (exact) mass is 272 g/mol. The number of methoxy groups -OCH3 is 2. The summed E-state index contributed by atoms with van der Waals surface area (Å²) in [6, 6.07) is 10.4. The Balaban J connectivity index is 2.04. The Morgan fingerprint density at radius 2 is 2.10 bits per heavy atom. The molecule has 1 atom stereocenters. The van der Waals surface area contributed by atoms with E-state index < -0.39 is 0 Å². The molecule has 0 fully saturated rings. The Morgan fingerprint density at radius 3 is 2.90 bits per heavy atom. The molecule has 2 heterocycles. The Kier molecular flexibility index (Phi) is 3.65. The third-order valence-electron chi connectivity index (χ3n) is 3.84. The van der Waals surface area contributed by atoms with E-state index >= 15 is 0 Å². The van der Waals surface area contributed by atoms with E-state index in [0.29, 0.717) is 0 Å². The van der Waals surface area contributed by atoms with Crippen LogP contribution in [0.2, 0.25) is 0 Å². The van der Waals surface area contributed by atoms with Gasteiger partial charge in [-0.25, -0.2) is 0 Å². The predicted octanol–water partition coefficient (Wildman–Crippen LogP) is 2.59. The van der Waals surface area contributed by atoms with E-state index in [1.54, 1.807) is 14.2 Å². The van der Waals surface area contributed by atoms with Gasteiger partial charge < -0.3 is 19.4 Å². The molecule has 1 aromatic carbocycles. The van der Waals surface area contributed by atoms with Gasteiger partial charge in [0.2, 0.25) is 0 Å². The first-order valence-electron chi connectivity index (χ1n) is 6.94. The van der Waals surface area contributed by atoms with Gasteiger partial charge in [0.25, 0.3) is 0 Å². The zero-order chi connectivity index (χ0) is 13.9. The molecule has 0 spiro atoms. The molecular weight excluding hydrogens is 252 g/mol. The number of aryl methyl sites for hydroxylation is 1. The molecular formula is C16H20N2O2. The first kappa shape index (κ1) is 13.1. The summed E-state index contributed by atoms with van der Waals surface area (Å²) < 4.78 is 13.1. The zero-order valence-corrected chi connectivity index (χ0v) is 11.9. The minimum Gasteiger partial charge on any atom is -0.497 e. The fraction of sp³-hybridized carbons (Fsp3) is 0.375. The number of hydrogen-bond acceptors (Lipinski definition) is 3. The minimum absolute atomic E-state index is 0.161. The smallest absolute Gasteiger partial charge is 0.127 e. The Hall–Kier alpha value is -1.94. The second-order valence-electron chi connectivity index (χ2n) is 4.98. The van der Waals surface area contributed by atoms with E-state index in [0.717, 1.165) is 36.6 Å². The Labute approximate surface area is 119 Å². The van der Waals surface area contributed by atoms with Crippen LogP contribution in [0.3, 0.4) is 0 Å². The van der Waals surface area contributed by atoms with Crippen LogP contribution in [0.1, 0.15) is 23.7 Å². The normalized spacial score (nSPS) is 18.2. The quantitative estimate of drug-likeness (QED) is 0.933. The highest BCUT2D eigenvalue weighted by Crippen LogP contribution is 2.34. The topological polar surface area (TPSA) is 35.4 Å². The lowest BCUT2D eigenvalue weighted by Gasteiger charge is -2.21. The van der Waals surface area contributed by atoms with E-state index in [1.807, 2.05) is 12.1 Å². The number of ether oxygens (including phenoxy) is 2. The van der Waals surface area contributed by atoms with Crippen LogP contribution < -0.4 is 14.8 Å². The summed E-state index contributed by atoms with van der Waals surface area (Å²) in [6.07, 6.45) is 3.28. The minimum atomic E-state index is 0.161. The summed E-state index contributed by atoms with van der Waals surface area (Å²) >= 11 is 0. The molecule has 1 unspecified atom stereocenters. The van der Waals surface area contributed by atoms with Crippen LogP contribution in [0.4, 0.5) is 0 Å². The molecule has 0 saturated heterocycles. The summed E-state index contributed by atoms with van der Waals surface area (Å²) in [5.74, 6) is 1.67. The average molecular weight is 272 g/mol. The van der Waals surface area contributed by atoms with Crippen LogP contribution in [0.15, 0.2) is 36.5 Å². The van der Waals surface area contributed by atoms with Gasteiger partial charge in [0.15, 0.2) is 0 Å². The van der Waals surface area contributed by atoms with Gasteiger partial charge in [-0.1, -0.05) is 0 Å². The van der Waals surface area contributed by atoms with Crippen molar-refractivity contribution in [1.82, 2.24) is 9.88 Å². The number of hydrogen-bond donors (Lipinski definition) is 1.